The number of aliphatic imine (C=N–C) groups is 1. The molecule has 0 fully saturated rings. The Balaban J connectivity index is 1.82. The van der Waals surface area contributed by atoms with E-state index in [0.717, 1.165) is 11.1 Å². The molecule has 3 aromatic rings. The lowest BCUT2D eigenvalue weighted by molar-refractivity contribution is 0.0977. The Hall–Kier alpha value is -3.25. The summed E-state index contributed by atoms with van der Waals surface area (Å²) in [7, 11) is 0. The van der Waals surface area contributed by atoms with Gasteiger partial charge in [-0.15, -0.1) is 0 Å². The minimum absolute atomic E-state index is 0.0263. The fourth-order valence-corrected chi connectivity index (χ4v) is 2.63. The minimum atomic E-state index is -0.523. The topological polar surface area (TPSA) is 66.4 Å². The van der Waals surface area contributed by atoms with Crippen molar-refractivity contribution in [3.8, 4) is 0 Å². The highest BCUT2D eigenvalue weighted by atomic mass is 35.5. The van der Waals surface area contributed by atoms with Crippen LogP contribution < -0.4 is 10.6 Å². The van der Waals surface area contributed by atoms with Crippen LogP contribution in [0.4, 0.5) is 10.1 Å². The molecule has 1 aromatic heterocycles. The summed E-state index contributed by atoms with van der Waals surface area (Å²) in [5, 5.41) is 5.71. The van der Waals surface area contributed by atoms with Gasteiger partial charge in [-0.25, -0.2) is 9.38 Å². The quantitative estimate of drug-likeness (QED) is 0.501. The highest BCUT2D eigenvalue weighted by Gasteiger charge is 2.10. The van der Waals surface area contributed by atoms with Crippen molar-refractivity contribution in [1.82, 2.24) is 10.3 Å². The maximum Gasteiger partial charge on any atom is 0.257 e. The first-order valence-corrected chi connectivity index (χ1v) is 8.92. The van der Waals surface area contributed by atoms with E-state index in [0.29, 0.717) is 17.8 Å². The van der Waals surface area contributed by atoms with Crippen LogP contribution in [0.25, 0.3) is 0 Å². The molecule has 2 N–H and O–H groups in total. The summed E-state index contributed by atoms with van der Waals surface area (Å²) in [6, 6.07) is 15.1. The van der Waals surface area contributed by atoms with Crippen LogP contribution in [0.2, 0.25) is 5.02 Å². The van der Waals surface area contributed by atoms with Crippen LogP contribution in [0, 0.1) is 12.7 Å². The first kappa shape index (κ1) is 19.5. The van der Waals surface area contributed by atoms with E-state index in [9.17, 15) is 9.18 Å². The Bertz CT molecular complexity index is 1010. The van der Waals surface area contributed by atoms with Crippen molar-refractivity contribution in [2.75, 3.05) is 5.32 Å². The largest absolute Gasteiger partial charge is 0.326 e. The van der Waals surface area contributed by atoms with Crippen LogP contribution >= 0.6 is 11.6 Å². The van der Waals surface area contributed by atoms with Crippen molar-refractivity contribution in [2.45, 2.75) is 13.5 Å². The molecular weight excluding hydrogens is 379 g/mol. The van der Waals surface area contributed by atoms with Crippen molar-refractivity contribution < 1.29 is 9.18 Å². The average Bonchev–Trinajstić information content (AvgIpc) is 2.69. The second-order valence-corrected chi connectivity index (χ2v) is 6.51. The number of benzene rings is 2. The summed E-state index contributed by atoms with van der Waals surface area (Å²) in [4.78, 5) is 21.1. The van der Waals surface area contributed by atoms with E-state index in [1.165, 1.54) is 18.2 Å². The van der Waals surface area contributed by atoms with E-state index in [1.54, 1.807) is 24.5 Å². The number of pyridine rings is 1. The molecular formula is C21H18ClFN4O. The molecule has 0 unspecified atom stereocenters. The lowest BCUT2D eigenvalue weighted by atomic mass is 10.1. The number of aryl methyl sites for hydroxylation is 1. The number of anilines is 1. The molecule has 3 rings (SSSR count). The minimum Gasteiger partial charge on any atom is -0.326 e. The Morgan fingerprint density at radius 2 is 2.04 bits per heavy atom. The lowest BCUT2D eigenvalue weighted by Gasteiger charge is -2.12. The molecule has 0 aliphatic heterocycles. The standard InChI is InChI=1S/C21H18ClFN4O/c1-14-4-2-6-16(10-14)20(28)27-21(25-13-15-5-3-9-24-12-15)26-17-7-8-19(23)18(22)11-17/h2-12H,13H2,1H3,(H2,25,26,27,28). The second kappa shape index (κ2) is 9.10. The van der Waals surface area contributed by atoms with E-state index >= 15 is 0 Å². The number of nitrogens with zero attached hydrogens (tertiary/aromatic N) is 2. The summed E-state index contributed by atoms with van der Waals surface area (Å²) in [6.45, 7) is 2.21. The van der Waals surface area contributed by atoms with Gasteiger partial charge in [-0.1, -0.05) is 35.4 Å². The fraction of sp³-hybridized carbons (Fsp3) is 0.0952. The maximum atomic E-state index is 13.4. The molecule has 0 aliphatic rings. The summed E-state index contributed by atoms with van der Waals surface area (Å²) < 4.78 is 13.4. The molecule has 1 amide bonds. The normalized spacial score (nSPS) is 11.2. The number of guanidine groups is 1. The molecule has 2 aromatic carbocycles. The Morgan fingerprint density at radius 3 is 2.75 bits per heavy atom. The van der Waals surface area contributed by atoms with Crippen LogP contribution in [0.1, 0.15) is 21.5 Å². The Labute approximate surface area is 167 Å². The zero-order valence-corrected chi connectivity index (χ0v) is 15.9. The van der Waals surface area contributed by atoms with Crippen LogP contribution in [0.5, 0.6) is 0 Å². The number of hydrogen-bond acceptors (Lipinski definition) is 3. The number of hydrogen-bond donors (Lipinski definition) is 2. The van der Waals surface area contributed by atoms with Crippen molar-refractivity contribution in [2.24, 2.45) is 4.99 Å². The molecule has 0 saturated carbocycles. The third-order valence-electron chi connectivity index (χ3n) is 3.84. The monoisotopic (exact) mass is 396 g/mol. The van der Waals surface area contributed by atoms with Gasteiger partial charge < -0.3 is 5.32 Å². The number of amides is 1. The van der Waals surface area contributed by atoms with Crippen molar-refractivity contribution >= 4 is 29.2 Å². The first-order valence-electron chi connectivity index (χ1n) is 8.55. The van der Waals surface area contributed by atoms with Gasteiger partial charge in [-0.05, 0) is 48.9 Å². The van der Waals surface area contributed by atoms with Gasteiger partial charge in [-0.3, -0.25) is 15.1 Å². The van der Waals surface area contributed by atoms with E-state index in [4.69, 9.17) is 11.6 Å². The van der Waals surface area contributed by atoms with E-state index in [2.05, 4.69) is 20.6 Å². The number of aromatic nitrogens is 1. The zero-order valence-electron chi connectivity index (χ0n) is 15.1. The van der Waals surface area contributed by atoms with Crippen molar-refractivity contribution in [3.05, 3.63) is 94.5 Å². The van der Waals surface area contributed by atoms with Gasteiger partial charge in [0.1, 0.15) is 5.82 Å². The molecule has 0 radical (unpaired) electrons. The molecule has 142 valence electrons. The first-order chi connectivity index (χ1) is 13.5. The van der Waals surface area contributed by atoms with E-state index in [1.807, 2.05) is 31.2 Å². The number of carbonyl (C=O) groups excluding carboxylic acids is 1. The van der Waals surface area contributed by atoms with Gasteiger partial charge >= 0.3 is 0 Å². The molecule has 0 atom stereocenters. The van der Waals surface area contributed by atoms with Gasteiger partial charge in [0.05, 0.1) is 11.6 Å². The van der Waals surface area contributed by atoms with E-state index < -0.39 is 5.82 Å². The Morgan fingerprint density at radius 1 is 1.18 bits per heavy atom. The number of rotatable bonds is 4. The summed E-state index contributed by atoms with van der Waals surface area (Å²) in [6.07, 6.45) is 3.37. The number of halogens is 2. The van der Waals surface area contributed by atoms with Gasteiger partial charge in [0, 0.05) is 23.6 Å². The lowest BCUT2D eigenvalue weighted by Crippen LogP contribution is -2.36. The summed E-state index contributed by atoms with van der Waals surface area (Å²) in [5.74, 6) is -0.614. The van der Waals surface area contributed by atoms with Crippen LogP contribution in [-0.2, 0) is 6.54 Å². The molecule has 7 heteroatoms. The van der Waals surface area contributed by atoms with Crippen LogP contribution in [0.15, 0.2) is 72.0 Å². The van der Waals surface area contributed by atoms with E-state index in [-0.39, 0.29) is 16.9 Å². The predicted molar refractivity (Wildman–Crippen MR) is 109 cm³/mol. The third-order valence-corrected chi connectivity index (χ3v) is 4.13. The van der Waals surface area contributed by atoms with Crippen molar-refractivity contribution in [3.63, 3.8) is 0 Å². The highest BCUT2D eigenvalue weighted by molar-refractivity contribution is 6.31. The summed E-state index contributed by atoms with van der Waals surface area (Å²) >= 11 is 5.84. The third kappa shape index (κ3) is 5.37. The second-order valence-electron chi connectivity index (χ2n) is 6.10. The molecule has 5 nitrogen and oxygen atoms in total. The zero-order chi connectivity index (χ0) is 19.9. The summed E-state index contributed by atoms with van der Waals surface area (Å²) in [5.41, 5.74) is 2.86. The maximum absolute atomic E-state index is 13.4. The van der Waals surface area contributed by atoms with Gasteiger partial charge in [0.25, 0.3) is 5.91 Å². The smallest absolute Gasteiger partial charge is 0.257 e. The number of nitrogens with one attached hydrogen (secondary N) is 2. The van der Waals surface area contributed by atoms with Crippen LogP contribution in [0.3, 0.4) is 0 Å². The predicted octanol–water partition coefficient (Wildman–Crippen LogP) is 4.58. The highest BCUT2D eigenvalue weighted by Crippen LogP contribution is 2.19. The van der Waals surface area contributed by atoms with Gasteiger partial charge in [0.15, 0.2) is 0 Å². The SMILES string of the molecule is Cc1cccc(C(=O)NC(=NCc2cccnc2)Nc2ccc(F)c(Cl)c2)c1. The molecule has 1 heterocycles. The number of carbonyl (C=O) groups is 1. The Kier molecular flexibility index (Phi) is 6.34. The van der Waals surface area contributed by atoms with Crippen molar-refractivity contribution in [1.29, 1.82) is 0 Å². The molecule has 28 heavy (non-hydrogen) atoms. The molecule has 0 bridgehead atoms. The van der Waals surface area contributed by atoms with Gasteiger partial charge in [0.2, 0.25) is 5.96 Å². The fourth-order valence-electron chi connectivity index (χ4n) is 2.45. The molecule has 0 aliphatic carbocycles. The average molecular weight is 397 g/mol. The molecule has 0 spiro atoms. The van der Waals surface area contributed by atoms with Gasteiger partial charge in [-0.2, -0.15) is 0 Å². The molecule has 0 saturated heterocycles. The van der Waals surface area contributed by atoms with Crippen LogP contribution in [-0.4, -0.2) is 16.9 Å².